The molecule has 0 fully saturated rings. The lowest BCUT2D eigenvalue weighted by atomic mass is 10.1. The molecule has 3 aromatic rings. The molecule has 3 N–H and O–H groups in total. The summed E-state index contributed by atoms with van der Waals surface area (Å²) in [6.07, 6.45) is 0. The topological polar surface area (TPSA) is 124 Å². The third-order valence-corrected chi connectivity index (χ3v) is 5.87. The van der Waals surface area contributed by atoms with Crippen molar-refractivity contribution in [2.75, 3.05) is 14.1 Å². The Morgan fingerprint density at radius 3 is 2.31 bits per heavy atom. The van der Waals surface area contributed by atoms with Crippen LogP contribution in [0.25, 0.3) is 11.3 Å². The van der Waals surface area contributed by atoms with Crippen LogP contribution in [0.2, 0.25) is 0 Å². The molecule has 2 aromatic carbocycles. The van der Waals surface area contributed by atoms with Crippen LogP contribution in [0.3, 0.4) is 0 Å². The number of benzene rings is 2. The molecule has 3 rings (SSSR count). The van der Waals surface area contributed by atoms with Crippen molar-refractivity contribution in [3.63, 3.8) is 0 Å². The number of carbonyl (C=O) groups excluding carboxylic acids is 2. The number of amides is 2. The SMILES string of the molecule is CN(C)S(=O)(=O)c1cccc(C(=O)NNC(=O)c2cc(-c3ccccc3)n[nH]2)c1. The fraction of sp³-hybridized carbons (Fsp3) is 0.105. The lowest BCUT2D eigenvalue weighted by Gasteiger charge is -2.12. The van der Waals surface area contributed by atoms with E-state index < -0.39 is 21.8 Å². The Labute approximate surface area is 167 Å². The number of H-pyrrole nitrogens is 1. The predicted octanol–water partition coefficient (Wildman–Crippen LogP) is 1.40. The number of aromatic nitrogens is 2. The number of hydrazine groups is 1. The van der Waals surface area contributed by atoms with Crippen molar-refractivity contribution in [3.8, 4) is 11.3 Å². The van der Waals surface area contributed by atoms with E-state index in [9.17, 15) is 18.0 Å². The van der Waals surface area contributed by atoms with Gasteiger partial charge >= 0.3 is 0 Å². The Balaban J connectivity index is 1.67. The highest BCUT2D eigenvalue weighted by atomic mass is 32.2. The first-order valence-corrected chi connectivity index (χ1v) is 9.97. The fourth-order valence-electron chi connectivity index (χ4n) is 2.46. The lowest BCUT2D eigenvalue weighted by molar-refractivity contribution is 0.0844. The van der Waals surface area contributed by atoms with Crippen molar-refractivity contribution in [2.24, 2.45) is 0 Å². The number of sulfonamides is 1. The third kappa shape index (κ3) is 4.50. The number of nitrogens with one attached hydrogen (secondary N) is 3. The molecule has 1 heterocycles. The first kappa shape index (κ1) is 20.2. The summed E-state index contributed by atoms with van der Waals surface area (Å²) in [7, 11) is -0.880. The Morgan fingerprint density at radius 2 is 1.62 bits per heavy atom. The van der Waals surface area contributed by atoms with Crippen molar-refractivity contribution in [3.05, 3.63) is 71.9 Å². The van der Waals surface area contributed by atoms with Crippen LogP contribution in [-0.4, -0.2) is 48.8 Å². The maximum atomic E-state index is 12.3. The van der Waals surface area contributed by atoms with Gasteiger partial charge in [-0.2, -0.15) is 5.10 Å². The zero-order chi connectivity index (χ0) is 21.0. The van der Waals surface area contributed by atoms with E-state index in [-0.39, 0.29) is 16.2 Å². The van der Waals surface area contributed by atoms with Crippen LogP contribution >= 0.6 is 0 Å². The molecule has 0 spiro atoms. The van der Waals surface area contributed by atoms with Crippen LogP contribution in [0.1, 0.15) is 20.8 Å². The minimum absolute atomic E-state index is 0.0254. The number of carbonyl (C=O) groups is 2. The molecule has 9 nitrogen and oxygen atoms in total. The molecule has 1 aromatic heterocycles. The van der Waals surface area contributed by atoms with Gasteiger partial charge in [-0.3, -0.25) is 25.5 Å². The summed E-state index contributed by atoms with van der Waals surface area (Å²) in [4.78, 5) is 24.5. The molecule has 0 aliphatic heterocycles. The molecule has 29 heavy (non-hydrogen) atoms. The largest absolute Gasteiger partial charge is 0.287 e. The van der Waals surface area contributed by atoms with Crippen molar-refractivity contribution < 1.29 is 18.0 Å². The standard InChI is InChI=1S/C19H19N5O4S/c1-24(2)29(27,28)15-10-6-9-14(11-15)18(25)22-23-19(26)17-12-16(20-21-17)13-7-4-3-5-8-13/h3-12H,1-2H3,(H,20,21)(H,22,25)(H,23,26). The van der Waals surface area contributed by atoms with Gasteiger partial charge < -0.3 is 0 Å². The summed E-state index contributed by atoms with van der Waals surface area (Å²) in [5, 5.41) is 6.69. The summed E-state index contributed by atoms with van der Waals surface area (Å²) in [5.41, 5.74) is 6.20. The maximum absolute atomic E-state index is 12.3. The maximum Gasteiger partial charge on any atom is 0.287 e. The number of nitrogens with zero attached hydrogens (tertiary/aromatic N) is 2. The predicted molar refractivity (Wildman–Crippen MR) is 106 cm³/mol. The molecule has 150 valence electrons. The first-order valence-electron chi connectivity index (χ1n) is 8.53. The van der Waals surface area contributed by atoms with E-state index in [0.29, 0.717) is 5.69 Å². The fourth-order valence-corrected chi connectivity index (χ4v) is 3.40. The van der Waals surface area contributed by atoms with Crippen molar-refractivity contribution in [1.29, 1.82) is 0 Å². The van der Waals surface area contributed by atoms with Gasteiger partial charge in [0.25, 0.3) is 11.8 Å². The van der Waals surface area contributed by atoms with Gasteiger partial charge in [-0.25, -0.2) is 12.7 Å². The van der Waals surface area contributed by atoms with Crippen molar-refractivity contribution >= 4 is 21.8 Å². The molecule has 0 saturated heterocycles. The quantitative estimate of drug-likeness (QED) is 0.546. The zero-order valence-electron chi connectivity index (χ0n) is 15.7. The van der Waals surface area contributed by atoms with E-state index in [0.717, 1.165) is 9.87 Å². The van der Waals surface area contributed by atoms with Gasteiger partial charge in [0.1, 0.15) is 5.69 Å². The molecular formula is C19H19N5O4S. The van der Waals surface area contributed by atoms with Crippen LogP contribution in [0.4, 0.5) is 0 Å². The minimum atomic E-state index is -3.68. The second-order valence-electron chi connectivity index (χ2n) is 6.26. The highest BCUT2D eigenvalue weighted by Gasteiger charge is 2.19. The van der Waals surface area contributed by atoms with Gasteiger partial charge in [-0.15, -0.1) is 0 Å². The second-order valence-corrected chi connectivity index (χ2v) is 8.41. The Morgan fingerprint density at radius 1 is 0.931 bits per heavy atom. The molecule has 10 heteroatoms. The second kappa shape index (κ2) is 8.25. The number of hydrogen-bond acceptors (Lipinski definition) is 5. The minimum Gasteiger partial charge on any atom is -0.272 e. The summed E-state index contributed by atoms with van der Waals surface area (Å²) >= 11 is 0. The van der Waals surface area contributed by atoms with Crippen LogP contribution in [-0.2, 0) is 10.0 Å². The van der Waals surface area contributed by atoms with E-state index in [4.69, 9.17) is 0 Å². The van der Waals surface area contributed by atoms with Crippen LogP contribution in [0.5, 0.6) is 0 Å². The summed E-state index contributed by atoms with van der Waals surface area (Å²) < 4.78 is 25.4. The van der Waals surface area contributed by atoms with Gasteiger partial charge in [-0.1, -0.05) is 36.4 Å². The number of aromatic amines is 1. The average molecular weight is 413 g/mol. The molecular weight excluding hydrogens is 394 g/mol. The third-order valence-electron chi connectivity index (χ3n) is 4.06. The monoisotopic (exact) mass is 413 g/mol. The molecule has 0 unspecified atom stereocenters. The van der Waals surface area contributed by atoms with Crippen LogP contribution in [0, 0.1) is 0 Å². The highest BCUT2D eigenvalue weighted by Crippen LogP contribution is 2.17. The smallest absolute Gasteiger partial charge is 0.272 e. The molecule has 0 bridgehead atoms. The molecule has 2 amide bonds. The van der Waals surface area contributed by atoms with Gasteiger partial charge in [-0.05, 0) is 24.3 Å². The number of rotatable bonds is 5. The van der Waals surface area contributed by atoms with Gasteiger partial charge in [0, 0.05) is 25.2 Å². The van der Waals surface area contributed by atoms with Crippen LogP contribution in [0.15, 0.2) is 65.6 Å². The van der Waals surface area contributed by atoms with Crippen molar-refractivity contribution in [2.45, 2.75) is 4.90 Å². The summed E-state index contributed by atoms with van der Waals surface area (Å²) in [5.74, 6) is -1.25. The Kier molecular flexibility index (Phi) is 5.76. The van der Waals surface area contributed by atoms with Gasteiger partial charge in [0.2, 0.25) is 10.0 Å². The zero-order valence-corrected chi connectivity index (χ0v) is 16.5. The molecule has 0 atom stereocenters. The summed E-state index contributed by atoms with van der Waals surface area (Å²) in [6.45, 7) is 0. The summed E-state index contributed by atoms with van der Waals surface area (Å²) in [6, 6.07) is 16.4. The first-order chi connectivity index (χ1) is 13.8. The van der Waals surface area contributed by atoms with E-state index in [1.54, 1.807) is 6.07 Å². The molecule has 0 aliphatic rings. The lowest BCUT2D eigenvalue weighted by Crippen LogP contribution is -2.41. The normalized spacial score (nSPS) is 11.3. The van der Waals surface area contributed by atoms with Gasteiger partial charge in [0.05, 0.1) is 10.6 Å². The Hall–Kier alpha value is -3.50. The average Bonchev–Trinajstić information content (AvgIpc) is 3.23. The van der Waals surface area contributed by atoms with E-state index >= 15 is 0 Å². The Bertz CT molecular complexity index is 1140. The highest BCUT2D eigenvalue weighted by molar-refractivity contribution is 7.89. The van der Waals surface area contributed by atoms with Crippen LogP contribution < -0.4 is 10.9 Å². The van der Waals surface area contributed by atoms with Crippen molar-refractivity contribution in [1.82, 2.24) is 25.4 Å². The number of hydrogen-bond donors (Lipinski definition) is 3. The molecule has 0 aliphatic carbocycles. The van der Waals surface area contributed by atoms with Gasteiger partial charge in [0.15, 0.2) is 0 Å². The molecule has 0 radical (unpaired) electrons. The van der Waals surface area contributed by atoms with E-state index in [1.807, 2.05) is 30.3 Å². The molecule has 0 saturated carbocycles. The van der Waals surface area contributed by atoms with E-state index in [1.165, 1.54) is 38.4 Å². The van der Waals surface area contributed by atoms with E-state index in [2.05, 4.69) is 21.0 Å².